The van der Waals surface area contributed by atoms with Gasteiger partial charge in [0.25, 0.3) is 0 Å². The molecule has 0 aliphatic heterocycles. The molecule has 0 saturated heterocycles. The molecule has 0 bridgehead atoms. The van der Waals surface area contributed by atoms with Crippen molar-refractivity contribution in [3.05, 3.63) is 24.3 Å². The molecule has 0 fully saturated rings. The molecule has 0 amide bonds. The molecule has 0 aliphatic carbocycles. The lowest BCUT2D eigenvalue weighted by Gasteiger charge is -2.09. The Hall–Kier alpha value is -1.22. The van der Waals surface area contributed by atoms with Crippen LogP contribution in [0.4, 0.5) is 5.69 Å². The molecule has 1 rings (SSSR count). The van der Waals surface area contributed by atoms with Gasteiger partial charge in [-0.3, -0.25) is 0 Å². The van der Waals surface area contributed by atoms with E-state index in [0.717, 1.165) is 11.4 Å². The van der Waals surface area contributed by atoms with Crippen LogP contribution in [-0.2, 0) is 0 Å². The van der Waals surface area contributed by atoms with Crippen molar-refractivity contribution in [1.29, 1.82) is 0 Å². The van der Waals surface area contributed by atoms with Crippen LogP contribution >= 0.6 is 11.6 Å². The van der Waals surface area contributed by atoms with Gasteiger partial charge < -0.3 is 10.5 Å². The minimum atomic E-state index is 0.148. The topological polar surface area (TPSA) is 47.6 Å². The molecular formula is C11H15ClN2O. The van der Waals surface area contributed by atoms with E-state index in [1.165, 1.54) is 0 Å². The molecule has 4 heteroatoms. The summed E-state index contributed by atoms with van der Waals surface area (Å²) >= 11 is 5.54. The predicted octanol–water partition coefficient (Wildman–Crippen LogP) is 2.70. The fourth-order valence-electron chi connectivity index (χ4n) is 1.09. The summed E-state index contributed by atoms with van der Waals surface area (Å²) < 4.78 is 5.53. The maximum Gasteiger partial charge on any atom is 0.121 e. The Morgan fingerprint density at radius 3 is 2.87 bits per heavy atom. The number of hydrogen-bond acceptors (Lipinski definition) is 2. The molecule has 0 saturated carbocycles. The molecular weight excluding hydrogens is 212 g/mol. The molecule has 1 aromatic carbocycles. The summed E-state index contributed by atoms with van der Waals surface area (Å²) in [5.74, 6) is 1.42. The molecule has 82 valence electrons. The number of nitrogens with zero attached hydrogens (tertiary/aromatic N) is 1. The molecule has 0 aromatic heterocycles. The standard InChI is InChI=1S/C11H15ClN2O/c1-8(2)15-10-5-3-4-9(6-10)14-11(13)7-12/h3-6,8H,7H2,1-2H3,(H2,13,14). The molecule has 1 aromatic rings. The highest BCUT2D eigenvalue weighted by Crippen LogP contribution is 2.20. The Morgan fingerprint density at radius 1 is 1.53 bits per heavy atom. The third-order valence-corrected chi connectivity index (χ3v) is 1.87. The number of alkyl halides is 1. The highest BCUT2D eigenvalue weighted by molar-refractivity contribution is 6.28. The van der Waals surface area contributed by atoms with Crippen molar-refractivity contribution in [1.82, 2.24) is 0 Å². The van der Waals surface area contributed by atoms with Crippen LogP contribution in [0.15, 0.2) is 29.3 Å². The summed E-state index contributed by atoms with van der Waals surface area (Å²) in [5, 5.41) is 0. The number of aliphatic imine (C=N–C) groups is 1. The Bertz CT molecular complexity index is 350. The van der Waals surface area contributed by atoms with E-state index in [1.807, 2.05) is 38.1 Å². The molecule has 0 spiro atoms. The van der Waals surface area contributed by atoms with E-state index in [-0.39, 0.29) is 12.0 Å². The number of hydrogen-bond donors (Lipinski definition) is 1. The minimum Gasteiger partial charge on any atom is -0.491 e. The first-order chi connectivity index (χ1) is 7.11. The van der Waals surface area contributed by atoms with Crippen LogP contribution in [0.5, 0.6) is 5.75 Å². The largest absolute Gasteiger partial charge is 0.491 e. The van der Waals surface area contributed by atoms with E-state index in [4.69, 9.17) is 22.1 Å². The normalized spacial score (nSPS) is 11.9. The van der Waals surface area contributed by atoms with Crippen molar-refractivity contribution >= 4 is 23.1 Å². The van der Waals surface area contributed by atoms with Crippen molar-refractivity contribution < 1.29 is 4.74 Å². The van der Waals surface area contributed by atoms with Gasteiger partial charge in [-0.05, 0) is 26.0 Å². The summed E-state index contributed by atoms with van der Waals surface area (Å²) in [6, 6.07) is 7.44. The number of benzene rings is 1. The van der Waals surface area contributed by atoms with Gasteiger partial charge >= 0.3 is 0 Å². The summed E-state index contributed by atoms with van der Waals surface area (Å²) in [4.78, 5) is 4.13. The highest BCUT2D eigenvalue weighted by Gasteiger charge is 1.99. The molecule has 0 atom stereocenters. The Labute approximate surface area is 94.9 Å². The van der Waals surface area contributed by atoms with E-state index in [1.54, 1.807) is 0 Å². The zero-order valence-corrected chi connectivity index (χ0v) is 9.66. The fourth-order valence-corrected chi connectivity index (χ4v) is 1.15. The summed E-state index contributed by atoms with van der Waals surface area (Å²) in [7, 11) is 0. The van der Waals surface area contributed by atoms with Gasteiger partial charge in [0.2, 0.25) is 0 Å². The molecule has 0 unspecified atom stereocenters. The molecule has 0 radical (unpaired) electrons. The minimum absolute atomic E-state index is 0.148. The molecule has 0 heterocycles. The van der Waals surface area contributed by atoms with E-state index >= 15 is 0 Å². The summed E-state index contributed by atoms with van der Waals surface area (Å²) in [6.07, 6.45) is 0.148. The number of rotatable bonds is 4. The van der Waals surface area contributed by atoms with Crippen LogP contribution in [0.25, 0.3) is 0 Å². The smallest absolute Gasteiger partial charge is 0.121 e. The molecule has 3 nitrogen and oxygen atoms in total. The highest BCUT2D eigenvalue weighted by atomic mass is 35.5. The first-order valence-electron chi connectivity index (χ1n) is 4.77. The maximum absolute atomic E-state index is 5.54. The van der Waals surface area contributed by atoms with Crippen molar-refractivity contribution in [2.24, 2.45) is 10.7 Å². The molecule has 15 heavy (non-hydrogen) atoms. The van der Waals surface area contributed by atoms with Crippen LogP contribution in [0.1, 0.15) is 13.8 Å². The van der Waals surface area contributed by atoms with Crippen LogP contribution in [-0.4, -0.2) is 17.8 Å². The summed E-state index contributed by atoms with van der Waals surface area (Å²) in [5.41, 5.74) is 6.29. The SMILES string of the molecule is CC(C)Oc1cccc(N=C(N)CCl)c1. The van der Waals surface area contributed by atoms with Gasteiger partial charge in [0.1, 0.15) is 11.6 Å². The lowest BCUT2D eigenvalue weighted by molar-refractivity contribution is 0.242. The Balaban J connectivity index is 2.83. The lowest BCUT2D eigenvalue weighted by atomic mass is 10.3. The van der Waals surface area contributed by atoms with Crippen molar-refractivity contribution in [2.45, 2.75) is 20.0 Å². The fraction of sp³-hybridized carbons (Fsp3) is 0.364. The van der Waals surface area contributed by atoms with Gasteiger partial charge in [0.05, 0.1) is 17.7 Å². The average molecular weight is 227 g/mol. The number of halogens is 1. The maximum atomic E-state index is 5.54. The number of nitrogens with two attached hydrogens (primary N) is 1. The summed E-state index contributed by atoms with van der Waals surface area (Å²) in [6.45, 7) is 3.95. The van der Waals surface area contributed by atoms with Gasteiger partial charge in [-0.15, -0.1) is 11.6 Å². The second-order valence-electron chi connectivity index (χ2n) is 3.40. The van der Waals surface area contributed by atoms with E-state index < -0.39 is 0 Å². The second-order valence-corrected chi connectivity index (χ2v) is 3.67. The molecule has 0 aliphatic rings. The third kappa shape index (κ3) is 4.21. The van der Waals surface area contributed by atoms with Crippen LogP contribution in [0.3, 0.4) is 0 Å². The zero-order chi connectivity index (χ0) is 11.3. The van der Waals surface area contributed by atoms with Crippen LogP contribution in [0.2, 0.25) is 0 Å². The first-order valence-corrected chi connectivity index (χ1v) is 5.31. The molecule has 2 N–H and O–H groups in total. The van der Waals surface area contributed by atoms with Crippen LogP contribution in [0, 0.1) is 0 Å². The van der Waals surface area contributed by atoms with Crippen molar-refractivity contribution in [2.75, 3.05) is 5.88 Å². The predicted molar refractivity (Wildman–Crippen MR) is 64.2 cm³/mol. The van der Waals surface area contributed by atoms with Gasteiger partial charge in [-0.1, -0.05) is 6.07 Å². The monoisotopic (exact) mass is 226 g/mol. The first kappa shape index (κ1) is 11.9. The number of ether oxygens (including phenoxy) is 1. The average Bonchev–Trinajstić information content (AvgIpc) is 2.17. The second kappa shape index (κ2) is 5.61. The van der Waals surface area contributed by atoms with Crippen LogP contribution < -0.4 is 10.5 Å². The Kier molecular flexibility index (Phi) is 4.43. The third-order valence-electron chi connectivity index (χ3n) is 1.60. The quantitative estimate of drug-likeness (QED) is 0.488. The van der Waals surface area contributed by atoms with Crippen molar-refractivity contribution in [3.8, 4) is 5.75 Å². The van der Waals surface area contributed by atoms with E-state index in [9.17, 15) is 0 Å². The number of amidine groups is 1. The van der Waals surface area contributed by atoms with E-state index in [0.29, 0.717) is 5.84 Å². The van der Waals surface area contributed by atoms with Crippen molar-refractivity contribution in [3.63, 3.8) is 0 Å². The van der Waals surface area contributed by atoms with Gasteiger partial charge in [0.15, 0.2) is 0 Å². The van der Waals surface area contributed by atoms with Gasteiger partial charge in [-0.2, -0.15) is 0 Å². The van der Waals surface area contributed by atoms with Gasteiger partial charge in [-0.25, -0.2) is 4.99 Å². The lowest BCUT2D eigenvalue weighted by Crippen LogP contribution is -2.12. The van der Waals surface area contributed by atoms with E-state index in [2.05, 4.69) is 4.99 Å². The Morgan fingerprint density at radius 2 is 2.27 bits per heavy atom. The van der Waals surface area contributed by atoms with Gasteiger partial charge in [0, 0.05) is 6.07 Å². The zero-order valence-electron chi connectivity index (χ0n) is 8.90.